The summed E-state index contributed by atoms with van der Waals surface area (Å²) in [7, 11) is 0. The van der Waals surface area contributed by atoms with E-state index in [1.165, 1.54) is 0 Å². The molecule has 6 rings (SSSR count). The molecule has 29 heavy (non-hydrogen) atoms. The number of aromatic amines is 1. The minimum atomic E-state index is 0.904. The summed E-state index contributed by atoms with van der Waals surface area (Å²) in [6, 6.07) is 16.5. The zero-order valence-electron chi connectivity index (χ0n) is 15.4. The van der Waals surface area contributed by atoms with E-state index in [-0.39, 0.29) is 0 Å². The van der Waals surface area contributed by atoms with Gasteiger partial charge in [0.1, 0.15) is 6.33 Å². The summed E-state index contributed by atoms with van der Waals surface area (Å²) >= 11 is 0. The van der Waals surface area contributed by atoms with E-state index in [9.17, 15) is 0 Å². The highest BCUT2D eigenvalue weighted by atomic mass is 15.5. The zero-order valence-corrected chi connectivity index (χ0v) is 15.4. The van der Waals surface area contributed by atoms with E-state index in [1.807, 2.05) is 59.4 Å². The van der Waals surface area contributed by atoms with Gasteiger partial charge in [0.05, 0.1) is 33.8 Å². The summed E-state index contributed by atoms with van der Waals surface area (Å²) < 4.78 is 4.04. The first-order chi connectivity index (χ1) is 14.3. The molecule has 0 spiro atoms. The Labute approximate surface area is 166 Å². The van der Waals surface area contributed by atoms with Crippen LogP contribution in [0.25, 0.3) is 46.4 Å². The molecule has 0 aliphatic carbocycles. The molecule has 2 aliphatic heterocycles. The SMILES string of the molecule is C1=Cc2cc3ccc(cc4nc(cc5ccc(cc1n2)[nH]5)C=C4)n3-n1ccnc1. The molecule has 6 nitrogen and oxygen atoms in total. The molecule has 2 aliphatic rings. The topological polar surface area (TPSA) is 64.3 Å². The van der Waals surface area contributed by atoms with Gasteiger partial charge in [-0.25, -0.2) is 24.3 Å². The van der Waals surface area contributed by atoms with Gasteiger partial charge in [-0.15, -0.1) is 0 Å². The van der Waals surface area contributed by atoms with Gasteiger partial charge in [0.15, 0.2) is 0 Å². The third-order valence-electron chi connectivity index (χ3n) is 4.93. The zero-order chi connectivity index (χ0) is 19.2. The van der Waals surface area contributed by atoms with Crippen LogP contribution >= 0.6 is 0 Å². The lowest BCUT2D eigenvalue weighted by Crippen LogP contribution is -2.05. The van der Waals surface area contributed by atoms with Crippen molar-refractivity contribution in [2.75, 3.05) is 0 Å². The van der Waals surface area contributed by atoms with Crippen LogP contribution in [0.3, 0.4) is 0 Å². The Morgan fingerprint density at radius 1 is 0.655 bits per heavy atom. The third-order valence-corrected chi connectivity index (χ3v) is 4.93. The first-order valence-corrected chi connectivity index (χ1v) is 9.36. The van der Waals surface area contributed by atoms with Gasteiger partial charge in [0, 0.05) is 23.4 Å². The van der Waals surface area contributed by atoms with Gasteiger partial charge in [-0.2, -0.15) is 0 Å². The summed E-state index contributed by atoms with van der Waals surface area (Å²) in [6.45, 7) is 0. The average Bonchev–Trinajstić information content (AvgIpc) is 3.50. The maximum atomic E-state index is 4.74. The molecule has 6 heteroatoms. The van der Waals surface area contributed by atoms with Gasteiger partial charge < -0.3 is 4.98 Å². The van der Waals surface area contributed by atoms with Crippen molar-refractivity contribution in [2.45, 2.75) is 0 Å². The number of H-pyrrole nitrogens is 1. The Kier molecular flexibility index (Phi) is 3.37. The molecule has 0 atom stereocenters. The van der Waals surface area contributed by atoms with Crippen LogP contribution in [0, 0.1) is 0 Å². The molecule has 0 saturated heterocycles. The van der Waals surface area contributed by atoms with Crippen molar-refractivity contribution in [1.82, 2.24) is 29.3 Å². The Balaban J connectivity index is 1.73. The lowest BCUT2D eigenvalue weighted by atomic mass is 10.3. The Morgan fingerprint density at radius 2 is 1.21 bits per heavy atom. The summed E-state index contributed by atoms with van der Waals surface area (Å²) in [5.74, 6) is 0. The summed E-state index contributed by atoms with van der Waals surface area (Å²) in [4.78, 5) is 17.1. The highest BCUT2D eigenvalue weighted by Gasteiger charge is 2.06. The number of nitrogens with one attached hydrogen (secondary N) is 1. The fourth-order valence-electron chi connectivity index (χ4n) is 3.65. The lowest BCUT2D eigenvalue weighted by Gasteiger charge is -2.06. The third kappa shape index (κ3) is 2.87. The number of hydrogen-bond donors (Lipinski definition) is 1. The number of hydrogen-bond acceptors (Lipinski definition) is 3. The van der Waals surface area contributed by atoms with E-state index < -0.39 is 0 Å². The molecule has 4 aromatic rings. The molecule has 0 amide bonds. The fourth-order valence-corrected chi connectivity index (χ4v) is 3.65. The predicted octanol–water partition coefficient (Wildman–Crippen LogP) is 4.64. The highest BCUT2D eigenvalue weighted by molar-refractivity contribution is 5.77. The van der Waals surface area contributed by atoms with Gasteiger partial charge in [0.25, 0.3) is 0 Å². The normalized spacial score (nSPS) is 12.6. The van der Waals surface area contributed by atoms with Gasteiger partial charge in [-0.05, 0) is 72.8 Å². The molecular weight excluding hydrogens is 360 g/mol. The molecule has 0 fully saturated rings. The number of fused-ring (bicyclic) bond motifs is 8. The minimum Gasteiger partial charge on any atom is -0.355 e. The fraction of sp³-hybridized carbons (Fsp3) is 0. The van der Waals surface area contributed by atoms with E-state index in [0.29, 0.717) is 0 Å². The summed E-state index contributed by atoms with van der Waals surface area (Å²) in [5, 5.41) is 0. The Morgan fingerprint density at radius 3 is 1.72 bits per heavy atom. The van der Waals surface area contributed by atoms with Crippen molar-refractivity contribution < 1.29 is 0 Å². The summed E-state index contributed by atoms with van der Waals surface area (Å²) in [5.41, 5.74) is 7.67. The second-order valence-electron chi connectivity index (χ2n) is 6.97. The van der Waals surface area contributed by atoms with Crippen LogP contribution in [0.4, 0.5) is 0 Å². The first-order valence-electron chi connectivity index (χ1n) is 9.36. The second kappa shape index (κ2) is 6.17. The maximum absolute atomic E-state index is 4.74. The van der Waals surface area contributed by atoms with Crippen molar-refractivity contribution >= 4 is 46.4 Å². The van der Waals surface area contributed by atoms with Crippen LogP contribution in [0.15, 0.2) is 67.3 Å². The van der Waals surface area contributed by atoms with Gasteiger partial charge >= 0.3 is 0 Å². The smallest absolute Gasteiger partial charge is 0.115 e. The molecule has 0 aromatic carbocycles. The monoisotopic (exact) mass is 376 g/mol. The van der Waals surface area contributed by atoms with Gasteiger partial charge in [-0.3, -0.25) is 0 Å². The van der Waals surface area contributed by atoms with E-state index >= 15 is 0 Å². The molecule has 4 aromatic heterocycles. The van der Waals surface area contributed by atoms with Crippen molar-refractivity contribution in [2.24, 2.45) is 0 Å². The maximum Gasteiger partial charge on any atom is 0.115 e. The highest BCUT2D eigenvalue weighted by Crippen LogP contribution is 2.19. The molecule has 8 bridgehead atoms. The average molecular weight is 376 g/mol. The molecule has 1 N–H and O–H groups in total. The quantitative estimate of drug-likeness (QED) is 0.455. The van der Waals surface area contributed by atoms with Crippen molar-refractivity contribution in [3.05, 3.63) is 90.0 Å². The molecule has 138 valence electrons. The largest absolute Gasteiger partial charge is 0.355 e. The molecule has 6 heterocycles. The van der Waals surface area contributed by atoms with Crippen LogP contribution in [-0.4, -0.2) is 29.3 Å². The van der Waals surface area contributed by atoms with Crippen molar-refractivity contribution in [3.63, 3.8) is 0 Å². The Bertz CT molecular complexity index is 1360. The van der Waals surface area contributed by atoms with E-state index in [4.69, 9.17) is 9.97 Å². The van der Waals surface area contributed by atoms with E-state index in [0.717, 1.165) is 44.8 Å². The Hall–Kier alpha value is -4.19. The number of imidazole rings is 1. The van der Waals surface area contributed by atoms with E-state index in [2.05, 4.69) is 38.9 Å². The van der Waals surface area contributed by atoms with Crippen LogP contribution < -0.4 is 0 Å². The molecule has 0 radical (unpaired) electrons. The van der Waals surface area contributed by atoms with Crippen LogP contribution in [-0.2, 0) is 0 Å². The number of aromatic nitrogens is 6. The van der Waals surface area contributed by atoms with Crippen LogP contribution in [0.1, 0.15) is 22.8 Å². The molecule has 0 saturated carbocycles. The van der Waals surface area contributed by atoms with Gasteiger partial charge in [0.2, 0.25) is 0 Å². The van der Waals surface area contributed by atoms with Crippen molar-refractivity contribution in [1.29, 1.82) is 0 Å². The standard InChI is InChI=1S/C23H16N6/c1-2-17-12-19-4-6-21(27-19)14-23-8-7-22(29(23)28-10-9-24-15-28)13-20-5-3-18(26-20)11-16(1)25-17/h1-15,25H. The predicted molar refractivity (Wildman–Crippen MR) is 116 cm³/mol. The number of rotatable bonds is 1. The minimum absolute atomic E-state index is 0.904. The molecular formula is C23H16N6. The lowest BCUT2D eigenvalue weighted by molar-refractivity contribution is 0.709. The van der Waals surface area contributed by atoms with Crippen LogP contribution in [0.2, 0.25) is 0 Å². The van der Waals surface area contributed by atoms with E-state index in [1.54, 1.807) is 12.5 Å². The second-order valence-corrected chi connectivity index (χ2v) is 6.97. The van der Waals surface area contributed by atoms with Crippen molar-refractivity contribution in [3.8, 4) is 0 Å². The summed E-state index contributed by atoms with van der Waals surface area (Å²) in [6.07, 6.45) is 13.6. The molecule has 0 unspecified atom stereocenters. The first kappa shape index (κ1) is 15.8. The number of nitrogens with zero attached hydrogens (tertiary/aromatic N) is 5. The van der Waals surface area contributed by atoms with Crippen LogP contribution in [0.5, 0.6) is 0 Å². The van der Waals surface area contributed by atoms with Gasteiger partial charge in [-0.1, -0.05) is 0 Å².